The van der Waals surface area contributed by atoms with Crippen molar-refractivity contribution in [1.82, 2.24) is 4.90 Å². The summed E-state index contributed by atoms with van der Waals surface area (Å²) < 4.78 is 10.1. The number of hydrogen-bond acceptors (Lipinski definition) is 4. The summed E-state index contributed by atoms with van der Waals surface area (Å²) in [6, 6.07) is 0. The SMILES string of the molecule is CCN(CC)CCO[P+](=S)OC. The lowest BCUT2D eigenvalue weighted by molar-refractivity contribution is 0.221. The first kappa shape index (κ1) is 12.4. The van der Waals surface area contributed by atoms with E-state index in [2.05, 4.69) is 18.7 Å². The zero-order valence-electron chi connectivity index (χ0n) is 7.95. The van der Waals surface area contributed by atoms with Gasteiger partial charge in [-0.05, 0) is 13.1 Å². The highest BCUT2D eigenvalue weighted by molar-refractivity contribution is 8.00. The van der Waals surface area contributed by atoms with Crippen LogP contribution in [0, 0.1) is 0 Å². The first-order valence-electron chi connectivity index (χ1n) is 4.11. The van der Waals surface area contributed by atoms with Crippen LogP contribution in [0.15, 0.2) is 0 Å². The van der Waals surface area contributed by atoms with Crippen LogP contribution in [0.4, 0.5) is 0 Å². The van der Waals surface area contributed by atoms with Crippen LogP contribution in [0.5, 0.6) is 0 Å². The van der Waals surface area contributed by atoms with Crippen molar-refractivity contribution in [2.45, 2.75) is 13.8 Å². The zero-order chi connectivity index (χ0) is 9.40. The molecule has 0 aliphatic heterocycles. The van der Waals surface area contributed by atoms with Gasteiger partial charge < -0.3 is 4.90 Å². The summed E-state index contributed by atoms with van der Waals surface area (Å²) >= 11 is 4.86. The summed E-state index contributed by atoms with van der Waals surface area (Å²) in [5, 5.41) is 0. The fourth-order valence-electron chi connectivity index (χ4n) is 0.837. The van der Waals surface area contributed by atoms with E-state index in [1.807, 2.05) is 0 Å². The van der Waals surface area contributed by atoms with E-state index in [1.165, 1.54) is 0 Å². The lowest BCUT2D eigenvalue weighted by atomic mass is 10.5. The molecule has 0 radical (unpaired) electrons. The third-order valence-electron chi connectivity index (χ3n) is 1.65. The van der Waals surface area contributed by atoms with Crippen molar-refractivity contribution in [2.75, 3.05) is 33.4 Å². The number of rotatable bonds is 7. The highest BCUT2D eigenvalue weighted by atomic mass is 32.4. The molecule has 0 fully saturated rings. The Bertz CT molecular complexity index is 131. The normalized spacial score (nSPS) is 12.2. The van der Waals surface area contributed by atoms with Gasteiger partial charge in [0.05, 0.1) is 7.11 Å². The van der Waals surface area contributed by atoms with E-state index in [0.29, 0.717) is 6.61 Å². The Morgan fingerprint density at radius 1 is 1.33 bits per heavy atom. The number of nitrogens with zero attached hydrogens (tertiary/aromatic N) is 1. The highest BCUT2D eigenvalue weighted by Gasteiger charge is 2.10. The number of hydrogen-bond donors (Lipinski definition) is 0. The first-order chi connectivity index (χ1) is 5.74. The lowest BCUT2D eigenvalue weighted by Gasteiger charge is -2.15. The van der Waals surface area contributed by atoms with E-state index in [9.17, 15) is 0 Å². The molecule has 1 unspecified atom stereocenters. The minimum atomic E-state index is -1.06. The van der Waals surface area contributed by atoms with Gasteiger partial charge in [-0.1, -0.05) is 13.8 Å². The average Bonchev–Trinajstić information content (AvgIpc) is 2.12. The fraction of sp³-hybridized carbons (Fsp3) is 1.00. The van der Waals surface area contributed by atoms with Gasteiger partial charge in [0.15, 0.2) is 0 Å². The van der Waals surface area contributed by atoms with Gasteiger partial charge in [-0.15, -0.1) is 9.05 Å². The van der Waals surface area contributed by atoms with E-state index >= 15 is 0 Å². The summed E-state index contributed by atoms with van der Waals surface area (Å²) in [6.45, 7) is 7.99. The van der Waals surface area contributed by atoms with Crippen LogP contribution in [0.1, 0.15) is 13.8 Å². The molecule has 0 aromatic carbocycles. The Kier molecular flexibility index (Phi) is 8.29. The predicted octanol–water partition coefficient (Wildman–Crippen LogP) is 1.76. The topological polar surface area (TPSA) is 21.7 Å². The summed E-state index contributed by atoms with van der Waals surface area (Å²) in [6.07, 6.45) is 0. The predicted molar refractivity (Wildman–Crippen MR) is 55.0 cm³/mol. The Morgan fingerprint density at radius 2 is 1.92 bits per heavy atom. The summed E-state index contributed by atoms with van der Waals surface area (Å²) in [4.78, 5) is 2.29. The maximum atomic E-state index is 5.24. The monoisotopic (exact) mass is 210 g/mol. The quantitative estimate of drug-likeness (QED) is 0.597. The molecule has 0 N–H and O–H groups in total. The Labute approximate surface area is 80.6 Å². The van der Waals surface area contributed by atoms with Crippen LogP contribution in [0.25, 0.3) is 0 Å². The Hall–Kier alpha value is 0.400. The van der Waals surface area contributed by atoms with E-state index in [0.717, 1.165) is 19.6 Å². The Balaban J connectivity index is 3.34. The fourth-order valence-corrected chi connectivity index (χ4v) is 1.40. The molecule has 0 aromatic rings. The van der Waals surface area contributed by atoms with Crippen LogP contribution in [0.3, 0.4) is 0 Å². The van der Waals surface area contributed by atoms with Crippen LogP contribution in [0.2, 0.25) is 0 Å². The minimum Gasteiger partial charge on any atom is -0.301 e. The maximum absolute atomic E-state index is 5.24. The smallest absolute Gasteiger partial charge is 0.301 e. The molecule has 1 atom stereocenters. The second-order valence-electron chi connectivity index (χ2n) is 2.27. The molecule has 0 saturated carbocycles. The second-order valence-corrected chi connectivity index (χ2v) is 4.23. The van der Waals surface area contributed by atoms with Gasteiger partial charge in [-0.3, -0.25) is 0 Å². The third kappa shape index (κ3) is 5.98. The van der Waals surface area contributed by atoms with Crippen molar-refractivity contribution < 1.29 is 9.05 Å². The van der Waals surface area contributed by atoms with E-state index in [1.54, 1.807) is 7.11 Å². The van der Waals surface area contributed by atoms with Crippen molar-refractivity contribution in [1.29, 1.82) is 0 Å². The maximum Gasteiger partial charge on any atom is 0.521 e. The van der Waals surface area contributed by atoms with Gasteiger partial charge in [-0.25, -0.2) is 0 Å². The minimum absolute atomic E-state index is 0.671. The molecule has 0 rings (SSSR count). The molecule has 0 aliphatic carbocycles. The molecular formula is C7H17NO2PS+. The van der Waals surface area contributed by atoms with E-state index < -0.39 is 7.15 Å². The molecule has 72 valence electrons. The molecule has 0 heterocycles. The zero-order valence-corrected chi connectivity index (χ0v) is 9.66. The largest absolute Gasteiger partial charge is 0.521 e. The number of likely N-dealkylation sites (N-methyl/N-ethyl adjacent to an activating group) is 1. The van der Waals surface area contributed by atoms with Gasteiger partial charge in [-0.2, -0.15) is 0 Å². The van der Waals surface area contributed by atoms with Crippen LogP contribution >= 0.6 is 7.15 Å². The summed E-state index contributed by atoms with van der Waals surface area (Å²) in [7, 11) is 0.517. The van der Waals surface area contributed by atoms with Gasteiger partial charge in [0, 0.05) is 6.54 Å². The second kappa shape index (κ2) is 8.02. The van der Waals surface area contributed by atoms with Crippen LogP contribution < -0.4 is 0 Å². The van der Waals surface area contributed by atoms with Crippen LogP contribution in [-0.4, -0.2) is 38.3 Å². The van der Waals surface area contributed by atoms with Crippen molar-refractivity contribution in [2.24, 2.45) is 0 Å². The molecule has 0 amide bonds. The van der Waals surface area contributed by atoms with E-state index in [4.69, 9.17) is 20.9 Å². The molecule has 0 spiro atoms. The Morgan fingerprint density at radius 3 is 2.33 bits per heavy atom. The standard InChI is InChI=1S/C7H17NO2PS/c1-4-8(5-2)6-7-10-11(12)9-3/h4-7H2,1-3H3/q+1. The summed E-state index contributed by atoms with van der Waals surface area (Å²) in [5.41, 5.74) is 0. The van der Waals surface area contributed by atoms with Crippen molar-refractivity contribution in [3.05, 3.63) is 0 Å². The molecule has 5 heteroatoms. The van der Waals surface area contributed by atoms with Crippen molar-refractivity contribution in [3.8, 4) is 0 Å². The molecule has 0 saturated heterocycles. The molecule has 3 nitrogen and oxygen atoms in total. The first-order valence-corrected chi connectivity index (χ1v) is 6.30. The van der Waals surface area contributed by atoms with Gasteiger partial charge in [0.1, 0.15) is 6.61 Å². The van der Waals surface area contributed by atoms with Crippen molar-refractivity contribution in [3.63, 3.8) is 0 Å². The van der Waals surface area contributed by atoms with Gasteiger partial charge in [0.25, 0.3) is 0 Å². The van der Waals surface area contributed by atoms with Gasteiger partial charge >= 0.3 is 7.15 Å². The van der Waals surface area contributed by atoms with Crippen LogP contribution in [-0.2, 0) is 20.9 Å². The molecule has 12 heavy (non-hydrogen) atoms. The third-order valence-corrected chi connectivity index (χ3v) is 3.10. The molecule has 0 bridgehead atoms. The summed E-state index contributed by atoms with van der Waals surface area (Å²) in [5.74, 6) is 0. The molecular weight excluding hydrogens is 193 g/mol. The highest BCUT2D eigenvalue weighted by Crippen LogP contribution is 2.21. The average molecular weight is 210 g/mol. The lowest BCUT2D eigenvalue weighted by Crippen LogP contribution is -2.26. The van der Waals surface area contributed by atoms with E-state index in [-0.39, 0.29) is 0 Å². The van der Waals surface area contributed by atoms with Crippen molar-refractivity contribution >= 4 is 19.0 Å². The molecule has 0 aromatic heterocycles. The van der Waals surface area contributed by atoms with Gasteiger partial charge in [0.2, 0.25) is 11.8 Å². The molecule has 0 aliphatic rings.